The standard InChI is InChI=1S/C40H66O8/c1-4-6-8-10-12-14-16-18-23-27-33(45-35(41)28-24-19-17-15-13-11-9-7-5-2)29-36(42)47-37-31(3)39(43)46-34-30-44-40(48-38(34)37)32-25-21-20-22-26-32/h20-22,25-26,31,33-34,37-40,43H,4-19,23-24,27-30H2,1-3H3/t31-,33+,34?,37?,38+,39+,40?/m0/s1. The van der Waals surface area contributed by atoms with E-state index in [1.807, 2.05) is 30.3 Å². The number of ether oxygens (including phenoxy) is 5. The molecule has 0 spiro atoms. The maximum atomic E-state index is 13.4. The highest BCUT2D eigenvalue weighted by Gasteiger charge is 2.50. The molecule has 3 unspecified atom stereocenters. The molecule has 0 aromatic heterocycles. The van der Waals surface area contributed by atoms with Crippen molar-refractivity contribution in [3.05, 3.63) is 35.9 Å². The topological polar surface area (TPSA) is 101 Å². The Bertz CT molecular complexity index is 987. The second-order valence-electron chi connectivity index (χ2n) is 14.1. The zero-order valence-corrected chi connectivity index (χ0v) is 30.3. The lowest BCUT2D eigenvalue weighted by Gasteiger charge is -2.47. The molecule has 0 bridgehead atoms. The van der Waals surface area contributed by atoms with Crippen LogP contribution in [0.25, 0.3) is 0 Å². The number of aliphatic hydroxyl groups is 1. The fraction of sp³-hybridized carbons (Fsp3) is 0.800. The lowest BCUT2D eigenvalue weighted by Crippen LogP contribution is -2.59. The minimum absolute atomic E-state index is 0.0172. The molecular weight excluding hydrogens is 608 g/mol. The highest BCUT2D eigenvalue weighted by molar-refractivity contribution is 5.72. The smallest absolute Gasteiger partial charge is 0.309 e. The Morgan fingerprint density at radius 3 is 1.94 bits per heavy atom. The van der Waals surface area contributed by atoms with Gasteiger partial charge in [-0.25, -0.2) is 0 Å². The molecule has 2 heterocycles. The predicted molar refractivity (Wildman–Crippen MR) is 188 cm³/mol. The van der Waals surface area contributed by atoms with E-state index in [0.29, 0.717) is 12.8 Å². The summed E-state index contributed by atoms with van der Waals surface area (Å²) in [5, 5.41) is 10.6. The van der Waals surface area contributed by atoms with Crippen LogP contribution in [0.4, 0.5) is 0 Å². The van der Waals surface area contributed by atoms with E-state index in [1.165, 1.54) is 77.0 Å². The number of benzene rings is 1. The van der Waals surface area contributed by atoms with E-state index in [9.17, 15) is 14.7 Å². The van der Waals surface area contributed by atoms with Crippen LogP contribution >= 0.6 is 0 Å². The van der Waals surface area contributed by atoms with Gasteiger partial charge < -0.3 is 28.8 Å². The van der Waals surface area contributed by atoms with Crippen LogP contribution in [0, 0.1) is 5.92 Å². The highest BCUT2D eigenvalue weighted by atomic mass is 16.7. The molecule has 2 aliphatic rings. The van der Waals surface area contributed by atoms with Gasteiger partial charge in [0.15, 0.2) is 12.6 Å². The molecular formula is C40H66O8. The summed E-state index contributed by atoms with van der Waals surface area (Å²) >= 11 is 0. The van der Waals surface area contributed by atoms with Gasteiger partial charge in [0.2, 0.25) is 0 Å². The number of rotatable bonds is 25. The highest BCUT2D eigenvalue weighted by Crippen LogP contribution is 2.37. The third kappa shape index (κ3) is 15.3. The van der Waals surface area contributed by atoms with E-state index in [1.54, 1.807) is 6.92 Å². The number of aliphatic hydroxyl groups excluding tert-OH is 1. The quantitative estimate of drug-likeness (QED) is 0.0809. The Labute approximate surface area is 291 Å². The van der Waals surface area contributed by atoms with Crippen LogP contribution in [-0.2, 0) is 33.3 Å². The van der Waals surface area contributed by atoms with Crippen molar-refractivity contribution in [3.63, 3.8) is 0 Å². The fourth-order valence-electron chi connectivity index (χ4n) is 6.77. The number of fused-ring (bicyclic) bond motifs is 1. The fourth-order valence-corrected chi connectivity index (χ4v) is 6.77. The summed E-state index contributed by atoms with van der Waals surface area (Å²) in [7, 11) is 0. The van der Waals surface area contributed by atoms with E-state index in [-0.39, 0.29) is 19.0 Å². The summed E-state index contributed by atoms with van der Waals surface area (Å²) in [5.41, 5.74) is 0.861. The van der Waals surface area contributed by atoms with E-state index in [2.05, 4.69) is 13.8 Å². The normalized spacial score (nSPS) is 24.5. The average Bonchev–Trinajstić information content (AvgIpc) is 3.09. The Morgan fingerprint density at radius 1 is 0.771 bits per heavy atom. The Morgan fingerprint density at radius 2 is 1.33 bits per heavy atom. The maximum Gasteiger partial charge on any atom is 0.309 e. The molecule has 7 atom stereocenters. The Hall–Kier alpha value is -2.00. The van der Waals surface area contributed by atoms with Crippen molar-refractivity contribution in [2.24, 2.45) is 5.92 Å². The number of carbonyl (C=O) groups is 2. The van der Waals surface area contributed by atoms with E-state index in [0.717, 1.165) is 44.1 Å². The molecule has 0 aliphatic carbocycles. The monoisotopic (exact) mass is 674 g/mol. The zero-order chi connectivity index (χ0) is 34.4. The van der Waals surface area contributed by atoms with Gasteiger partial charge >= 0.3 is 11.9 Å². The van der Waals surface area contributed by atoms with Crippen LogP contribution in [0.3, 0.4) is 0 Å². The molecule has 274 valence electrons. The zero-order valence-electron chi connectivity index (χ0n) is 30.3. The molecule has 2 aliphatic heterocycles. The summed E-state index contributed by atoms with van der Waals surface area (Å²) in [6, 6.07) is 9.61. The largest absolute Gasteiger partial charge is 0.462 e. The van der Waals surface area contributed by atoms with Gasteiger partial charge in [0.25, 0.3) is 0 Å². The van der Waals surface area contributed by atoms with E-state index >= 15 is 0 Å². The van der Waals surface area contributed by atoms with Crippen molar-refractivity contribution in [2.75, 3.05) is 6.61 Å². The summed E-state index contributed by atoms with van der Waals surface area (Å²) < 4.78 is 29.9. The molecule has 0 amide bonds. The first-order valence-corrected chi connectivity index (χ1v) is 19.5. The van der Waals surface area contributed by atoms with Crippen molar-refractivity contribution in [1.29, 1.82) is 0 Å². The van der Waals surface area contributed by atoms with Crippen molar-refractivity contribution < 1.29 is 38.4 Å². The van der Waals surface area contributed by atoms with Crippen molar-refractivity contribution in [3.8, 4) is 0 Å². The molecule has 8 nitrogen and oxygen atoms in total. The summed E-state index contributed by atoms with van der Waals surface area (Å²) in [6.07, 6.45) is 18.2. The van der Waals surface area contributed by atoms with Gasteiger partial charge in [-0.2, -0.15) is 0 Å². The maximum absolute atomic E-state index is 13.4. The van der Waals surface area contributed by atoms with Crippen molar-refractivity contribution >= 4 is 11.9 Å². The van der Waals surface area contributed by atoms with Crippen molar-refractivity contribution in [2.45, 2.75) is 193 Å². The minimum atomic E-state index is -1.11. The van der Waals surface area contributed by atoms with Crippen LogP contribution in [0.2, 0.25) is 0 Å². The van der Waals surface area contributed by atoms with Crippen LogP contribution in [0.1, 0.15) is 167 Å². The summed E-state index contributed by atoms with van der Waals surface area (Å²) in [4.78, 5) is 26.3. The molecule has 1 N–H and O–H groups in total. The Balaban J connectivity index is 1.51. The molecule has 0 saturated carbocycles. The van der Waals surface area contributed by atoms with Crippen LogP contribution < -0.4 is 0 Å². The van der Waals surface area contributed by atoms with Gasteiger partial charge in [-0.1, -0.05) is 154 Å². The molecule has 1 aromatic carbocycles. The molecule has 0 radical (unpaired) electrons. The molecule has 48 heavy (non-hydrogen) atoms. The average molecular weight is 675 g/mol. The first-order chi connectivity index (χ1) is 23.4. The lowest BCUT2D eigenvalue weighted by molar-refractivity contribution is -0.346. The predicted octanol–water partition coefficient (Wildman–Crippen LogP) is 9.51. The SMILES string of the molecule is CCCCCCCCCCCC(=O)O[C@H](CCCCCCCCCCC)CC(=O)OC1[C@@H]2OC(c3ccccc3)OCC2O[C@@H](O)[C@H]1C. The molecule has 2 saturated heterocycles. The molecule has 2 fully saturated rings. The van der Waals surface area contributed by atoms with Crippen LogP contribution in [0.15, 0.2) is 30.3 Å². The second kappa shape index (κ2) is 24.2. The van der Waals surface area contributed by atoms with Crippen LogP contribution in [-0.4, -0.2) is 54.4 Å². The lowest BCUT2D eigenvalue weighted by atomic mass is 9.91. The number of hydrogen-bond acceptors (Lipinski definition) is 8. The third-order valence-electron chi connectivity index (χ3n) is 9.81. The molecule has 1 aromatic rings. The number of unbranched alkanes of at least 4 members (excludes halogenated alkanes) is 16. The number of carbonyl (C=O) groups excluding carboxylic acids is 2. The van der Waals surface area contributed by atoms with Gasteiger partial charge in [0.1, 0.15) is 24.4 Å². The van der Waals surface area contributed by atoms with Gasteiger partial charge in [0, 0.05) is 17.9 Å². The summed E-state index contributed by atoms with van der Waals surface area (Å²) in [5.74, 6) is -1.20. The second-order valence-corrected chi connectivity index (χ2v) is 14.1. The van der Waals surface area contributed by atoms with E-state index in [4.69, 9.17) is 23.7 Å². The van der Waals surface area contributed by atoms with E-state index < -0.39 is 48.9 Å². The molecule has 8 heteroatoms. The summed E-state index contributed by atoms with van der Waals surface area (Å²) in [6.45, 7) is 6.47. The minimum Gasteiger partial charge on any atom is -0.462 e. The van der Waals surface area contributed by atoms with Crippen LogP contribution in [0.5, 0.6) is 0 Å². The number of esters is 2. The van der Waals surface area contributed by atoms with Gasteiger partial charge in [-0.05, 0) is 19.3 Å². The Kier molecular flexibility index (Phi) is 20.4. The first-order valence-electron chi connectivity index (χ1n) is 19.5. The van der Waals surface area contributed by atoms with Gasteiger partial charge in [-0.3, -0.25) is 9.59 Å². The molecule has 3 rings (SSSR count). The van der Waals surface area contributed by atoms with Gasteiger partial charge in [0.05, 0.1) is 13.0 Å². The first kappa shape index (κ1) is 40.4. The van der Waals surface area contributed by atoms with Gasteiger partial charge in [-0.15, -0.1) is 0 Å². The van der Waals surface area contributed by atoms with Crippen molar-refractivity contribution in [1.82, 2.24) is 0 Å². The number of hydrogen-bond donors (Lipinski definition) is 1. The third-order valence-corrected chi connectivity index (χ3v) is 9.81.